The second-order valence-electron chi connectivity index (χ2n) is 4.88. The third kappa shape index (κ3) is 1.48. The number of anilines is 1. The van der Waals surface area contributed by atoms with Gasteiger partial charge in [-0.05, 0) is 12.1 Å². The van der Waals surface area contributed by atoms with Crippen molar-refractivity contribution in [2.24, 2.45) is 0 Å². The highest BCUT2D eigenvalue weighted by Crippen LogP contribution is 2.29. The van der Waals surface area contributed by atoms with Crippen molar-refractivity contribution in [2.45, 2.75) is 0 Å². The summed E-state index contributed by atoms with van der Waals surface area (Å²) in [6.45, 7) is 0. The summed E-state index contributed by atoms with van der Waals surface area (Å²) in [4.78, 5) is 38.7. The number of hydrogen-bond acceptors (Lipinski definition) is 5. The first-order valence-electron chi connectivity index (χ1n) is 6.02. The number of rotatable bonds is 1. The molecular formula is C14H12N2O4. The van der Waals surface area contributed by atoms with Crippen LogP contribution in [0.25, 0.3) is 11.0 Å². The Morgan fingerprint density at radius 1 is 1.05 bits per heavy atom. The minimum absolute atomic E-state index is 0.133. The summed E-state index contributed by atoms with van der Waals surface area (Å²) in [6, 6.07) is 5.17. The highest BCUT2D eigenvalue weighted by atomic mass is 16.4. The Kier molecular flexibility index (Phi) is 2.44. The fraction of sp³-hybridized carbons (Fsp3) is 0.214. The van der Waals surface area contributed by atoms with Crippen LogP contribution in [-0.4, -0.2) is 37.9 Å². The lowest BCUT2D eigenvalue weighted by Crippen LogP contribution is -2.25. The van der Waals surface area contributed by atoms with E-state index in [-0.39, 0.29) is 11.1 Å². The zero-order valence-electron chi connectivity index (χ0n) is 11.3. The van der Waals surface area contributed by atoms with Crippen molar-refractivity contribution in [3.63, 3.8) is 0 Å². The van der Waals surface area contributed by atoms with Crippen LogP contribution < -0.4 is 10.5 Å². The molecule has 0 fully saturated rings. The van der Waals surface area contributed by atoms with Crippen molar-refractivity contribution in [2.75, 3.05) is 26.0 Å². The van der Waals surface area contributed by atoms with Gasteiger partial charge in [-0.3, -0.25) is 14.5 Å². The highest BCUT2D eigenvalue weighted by molar-refractivity contribution is 6.25. The van der Waals surface area contributed by atoms with E-state index in [0.29, 0.717) is 11.0 Å². The Balaban J connectivity index is 2.41. The Bertz CT molecular complexity index is 820. The first-order valence-corrected chi connectivity index (χ1v) is 6.02. The third-order valence-electron chi connectivity index (χ3n) is 3.44. The molecular weight excluding hydrogens is 260 g/mol. The summed E-state index contributed by atoms with van der Waals surface area (Å²) in [5, 5.41) is 0.480. The molecule has 0 saturated heterocycles. The molecule has 0 N–H and O–H groups in total. The van der Waals surface area contributed by atoms with Crippen LogP contribution in [0.15, 0.2) is 27.4 Å². The maximum atomic E-state index is 12.1. The van der Waals surface area contributed by atoms with Crippen LogP contribution in [0.3, 0.4) is 0 Å². The van der Waals surface area contributed by atoms with Crippen molar-refractivity contribution in [1.82, 2.24) is 4.90 Å². The molecule has 1 aliphatic heterocycles. The predicted octanol–water partition coefficient (Wildman–Crippen LogP) is 1.08. The van der Waals surface area contributed by atoms with E-state index >= 15 is 0 Å². The van der Waals surface area contributed by atoms with Gasteiger partial charge in [-0.2, -0.15) is 0 Å². The molecule has 0 spiro atoms. The van der Waals surface area contributed by atoms with Crippen molar-refractivity contribution in [3.8, 4) is 0 Å². The van der Waals surface area contributed by atoms with Gasteiger partial charge < -0.3 is 9.32 Å². The Labute approximate surface area is 114 Å². The van der Waals surface area contributed by atoms with Gasteiger partial charge in [0.2, 0.25) is 0 Å². The molecule has 20 heavy (non-hydrogen) atoms. The van der Waals surface area contributed by atoms with Crippen molar-refractivity contribution in [3.05, 3.63) is 39.7 Å². The SMILES string of the molecule is CN1C(=O)c2c(c3ccc(N(C)C)cc3oc2=O)C1=O. The summed E-state index contributed by atoms with van der Waals surface area (Å²) in [7, 11) is 5.06. The van der Waals surface area contributed by atoms with E-state index in [1.54, 1.807) is 18.2 Å². The summed E-state index contributed by atoms with van der Waals surface area (Å²) in [6.07, 6.45) is 0. The standard InChI is InChI=1S/C14H12N2O4/c1-15(2)7-4-5-8-9(6-7)20-14(19)11-10(8)12(17)16(3)13(11)18/h4-6H,1-3H3. The molecule has 2 aromatic rings. The average Bonchev–Trinajstić information content (AvgIpc) is 2.64. The maximum absolute atomic E-state index is 12.1. The molecule has 1 aromatic carbocycles. The molecule has 2 amide bonds. The topological polar surface area (TPSA) is 70.8 Å². The van der Waals surface area contributed by atoms with E-state index < -0.39 is 17.4 Å². The van der Waals surface area contributed by atoms with Gasteiger partial charge in [0, 0.05) is 38.3 Å². The summed E-state index contributed by atoms with van der Waals surface area (Å²) in [5.41, 5.74) is 0.324. The molecule has 0 saturated carbocycles. The van der Waals surface area contributed by atoms with Crippen LogP contribution in [0.2, 0.25) is 0 Å². The molecule has 1 aromatic heterocycles. The van der Waals surface area contributed by atoms with Crippen LogP contribution in [0.5, 0.6) is 0 Å². The minimum Gasteiger partial charge on any atom is -0.422 e. The van der Waals surface area contributed by atoms with Gasteiger partial charge in [-0.15, -0.1) is 0 Å². The second kappa shape index (κ2) is 3.93. The number of nitrogens with zero attached hydrogens (tertiary/aromatic N) is 2. The number of amides is 2. The number of hydrogen-bond donors (Lipinski definition) is 0. The molecule has 0 unspecified atom stereocenters. The lowest BCUT2D eigenvalue weighted by atomic mass is 10.1. The largest absolute Gasteiger partial charge is 0.422 e. The molecule has 0 radical (unpaired) electrons. The van der Waals surface area contributed by atoms with Crippen LogP contribution in [0.1, 0.15) is 20.7 Å². The summed E-state index contributed by atoms with van der Waals surface area (Å²) in [5.74, 6) is -1.09. The quantitative estimate of drug-likeness (QED) is 0.574. The van der Waals surface area contributed by atoms with E-state index in [9.17, 15) is 14.4 Å². The Morgan fingerprint density at radius 3 is 2.35 bits per heavy atom. The van der Waals surface area contributed by atoms with Gasteiger partial charge in [0.25, 0.3) is 11.8 Å². The van der Waals surface area contributed by atoms with Gasteiger partial charge in [0.1, 0.15) is 11.1 Å². The third-order valence-corrected chi connectivity index (χ3v) is 3.44. The van der Waals surface area contributed by atoms with Crippen LogP contribution in [0.4, 0.5) is 5.69 Å². The molecule has 0 atom stereocenters. The Morgan fingerprint density at radius 2 is 1.70 bits per heavy atom. The average molecular weight is 272 g/mol. The van der Waals surface area contributed by atoms with Crippen LogP contribution >= 0.6 is 0 Å². The van der Waals surface area contributed by atoms with Gasteiger partial charge >= 0.3 is 5.63 Å². The first kappa shape index (κ1) is 12.4. The molecule has 6 nitrogen and oxygen atoms in total. The number of fused-ring (bicyclic) bond motifs is 3. The van der Waals surface area contributed by atoms with Gasteiger partial charge in [-0.1, -0.05) is 0 Å². The van der Waals surface area contributed by atoms with Crippen LogP contribution in [0, 0.1) is 0 Å². The van der Waals surface area contributed by atoms with E-state index in [4.69, 9.17) is 4.42 Å². The molecule has 0 aliphatic carbocycles. The fourth-order valence-corrected chi connectivity index (χ4v) is 2.31. The number of benzene rings is 1. The van der Waals surface area contributed by atoms with E-state index in [1.807, 2.05) is 19.0 Å². The van der Waals surface area contributed by atoms with Crippen molar-refractivity contribution >= 4 is 28.5 Å². The minimum atomic E-state index is -0.772. The Hall–Kier alpha value is -2.63. The monoisotopic (exact) mass is 272 g/mol. The van der Waals surface area contributed by atoms with E-state index in [1.165, 1.54) is 7.05 Å². The smallest absolute Gasteiger partial charge is 0.350 e. The summed E-state index contributed by atoms with van der Waals surface area (Å²) >= 11 is 0. The van der Waals surface area contributed by atoms with Crippen molar-refractivity contribution < 1.29 is 14.0 Å². The maximum Gasteiger partial charge on any atom is 0.350 e. The molecule has 2 heterocycles. The molecule has 0 bridgehead atoms. The number of carbonyl (C=O) groups is 2. The van der Waals surface area contributed by atoms with Crippen LogP contribution in [-0.2, 0) is 0 Å². The fourth-order valence-electron chi connectivity index (χ4n) is 2.31. The normalized spacial score (nSPS) is 14.1. The van der Waals surface area contributed by atoms with Gasteiger partial charge in [0.05, 0.1) is 5.56 Å². The number of imide groups is 1. The highest BCUT2D eigenvalue weighted by Gasteiger charge is 2.38. The lowest BCUT2D eigenvalue weighted by Gasteiger charge is -2.12. The van der Waals surface area contributed by atoms with Gasteiger partial charge in [-0.25, -0.2) is 4.79 Å². The van der Waals surface area contributed by atoms with E-state index in [0.717, 1.165) is 10.6 Å². The number of carbonyl (C=O) groups excluding carboxylic acids is 2. The van der Waals surface area contributed by atoms with Crippen molar-refractivity contribution in [1.29, 1.82) is 0 Å². The van der Waals surface area contributed by atoms with E-state index in [2.05, 4.69) is 0 Å². The second-order valence-corrected chi connectivity index (χ2v) is 4.88. The predicted molar refractivity (Wildman–Crippen MR) is 73.2 cm³/mol. The zero-order chi connectivity index (χ0) is 14.6. The zero-order valence-corrected chi connectivity index (χ0v) is 11.3. The lowest BCUT2D eigenvalue weighted by molar-refractivity contribution is 0.0693. The molecule has 102 valence electrons. The molecule has 1 aliphatic rings. The van der Waals surface area contributed by atoms with Gasteiger partial charge in [0.15, 0.2) is 0 Å². The molecule has 3 rings (SSSR count). The first-order chi connectivity index (χ1) is 9.41. The summed E-state index contributed by atoms with van der Waals surface area (Å²) < 4.78 is 5.18. The molecule has 6 heteroatoms.